The molecule has 2 aromatic rings. The molecule has 0 amide bonds. The predicted molar refractivity (Wildman–Crippen MR) is 75.2 cm³/mol. The van der Waals surface area contributed by atoms with Crippen LogP contribution in [0.3, 0.4) is 0 Å². The van der Waals surface area contributed by atoms with Crippen LogP contribution >= 0.6 is 11.8 Å². The van der Waals surface area contributed by atoms with Gasteiger partial charge in [-0.3, -0.25) is 0 Å². The van der Waals surface area contributed by atoms with E-state index in [1.165, 1.54) is 24.3 Å². The van der Waals surface area contributed by atoms with E-state index in [1.807, 2.05) is 6.92 Å². The molecule has 0 aromatic heterocycles. The van der Waals surface area contributed by atoms with Crippen LogP contribution < -0.4 is 5.73 Å². The molecule has 2 N–H and O–H groups in total. The minimum absolute atomic E-state index is 0.171. The second-order valence-corrected chi connectivity index (χ2v) is 5.47. The standard InChI is InChI=1S/C15H15F2NS/c1-10-8-12(17)4-7-14(10)15(18)9-19-13-5-2-11(16)3-6-13/h2-8,15H,9,18H2,1H3. The molecule has 0 saturated heterocycles. The molecule has 4 heteroatoms. The van der Waals surface area contributed by atoms with Crippen LogP contribution in [0.5, 0.6) is 0 Å². The number of benzene rings is 2. The van der Waals surface area contributed by atoms with Crippen molar-refractivity contribution in [3.05, 3.63) is 65.2 Å². The van der Waals surface area contributed by atoms with Crippen LogP contribution in [0.15, 0.2) is 47.4 Å². The molecule has 2 aromatic carbocycles. The molecule has 0 spiro atoms. The van der Waals surface area contributed by atoms with Gasteiger partial charge in [0, 0.05) is 16.7 Å². The molecule has 2 rings (SSSR count). The first-order valence-corrected chi connectivity index (χ1v) is 6.95. The second kappa shape index (κ2) is 6.17. The van der Waals surface area contributed by atoms with Gasteiger partial charge in [0.25, 0.3) is 0 Å². The van der Waals surface area contributed by atoms with E-state index in [4.69, 9.17) is 5.73 Å². The van der Waals surface area contributed by atoms with E-state index in [-0.39, 0.29) is 17.7 Å². The fraction of sp³-hybridized carbons (Fsp3) is 0.200. The van der Waals surface area contributed by atoms with Gasteiger partial charge < -0.3 is 5.73 Å². The maximum absolute atomic E-state index is 13.0. The van der Waals surface area contributed by atoms with Crippen LogP contribution in [-0.4, -0.2) is 5.75 Å². The van der Waals surface area contributed by atoms with Crippen LogP contribution in [0, 0.1) is 18.6 Å². The monoisotopic (exact) mass is 279 g/mol. The van der Waals surface area contributed by atoms with Crippen molar-refractivity contribution in [3.63, 3.8) is 0 Å². The van der Waals surface area contributed by atoms with Crippen LogP contribution in [0.4, 0.5) is 8.78 Å². The number of rotatable bonds is 4. The largest absolute Gasteiger partial charge is 0.323 e. The normalized spacial score (nSPS) is 12.4. The molecule has 0 saturated carbocycles. The van der Waals surface area contributed by atoms with Crippen molar-refractivity contribution in [1.29, 1.82) is 0 Å². The molecule has 0 heterocycles. The zero-order chi connectivity index (χ0) is 13.8. The van der Waals surface area contributed by atoms with E-state index >= 15 is 0 Å². The van der Waals surface area contributed by atoms with Crippen LogP contribution in [0.2, 0.25) is 0 Å². The quantitative estimate of drug-likeness (QED) is 0.854. The van der Waals surface area contributed by atoms with Crippen molar-refractivity contribution in [3.8, 4) is 0 Å². The van der Waals surface area contributed by atoms with Gasteiger partial charge in [0.15, 0.2) is 0 Å². The van der Waals surface area contributed by atoms with E-state index in [0.29, 0.717) is 5.75 Å². The number of halogens is 2. The van der Waals surface area contributed by atoms with Gasteiger partial charge >= 0.3 is 0 Å². The Bertz CT molecular complexity index is 555. The molecule has 0 fully saturated rings. The summed E-state index contributed by atoms with van der Waals surface area (Å²) in [4.78, 5) is 0.969. The molecule has 100 valence electrons. The van der Waals surface area contributed by atoms with Crippen molar-refractivity contribution in [2.45, 2.75) is 17.9 Å². The molecular weight excluding hydrogens is 264 g/mol. The highest BCUT2D eigenvalue weighted by Gasteiger charge is 2.10. The smallest absolute Gasteiger partial charge is 0.123 e. The first-order chi connectivity index (χ1) is 9.06. The average Bonchev–Trinajstić information content (AvgIpc) is 2.37. The van der Waals surface area contributed by atoms with Crippen LogP contribution in [0.25, 0.3) is 0 Å². The molecule has 0 aliphatic rings. The number of hydrogen-bond acceptors (Lipinski definition) is 2. The Balaban J connectivity index is 2.01. The predicted octanol–water partition coefficient (Wildman–Crippen LogP) is 4.07. The molecule has 1 nitrogen and oxygen atoms in total. The van der Waals surface area contributed by atoms with E-state index in [0.717, 1.165) is 16.0 Å². The van der Waals surface area contributed by atoms with Gasteiger partial charge in [0.05, 0.1) is 0 Å². The van der Waals surface area contributed by atoms with E-state index in [1.54, 1.807) is 30.0 Å². The molecule has 1 atom stereocenters. The minimum Gasteiger partial charge on any atom is -0.323 e. The maximum atomic E-state index is 13.0. The van der Waals surface area contributed by atoms with Crippen molar-refractivity contribution in [1.82, 2.24) is 0 Å². The first-order valence-electron chi connectivity index (χ1n) is 5.96. The fourth-order valence-electron chi connectivity index (χ4n) is 1.86. The molecule has 19 heavy (non-hydrogen) atoms. The fourth-order valence-corrected chi connectivity index (χ4v) is 2.74. The highest BCUT2D eigenvalue weighted by Crippen LogP contribution is 2.25. The summed E-state index contributed by atoms with van der Waals surface area (Å²) in [7, 11) is 0. The van der Waals surface area contributed by atoms with Gasteiger partial charge in [0.1, 0.15) is 11.6 Å². The van der Waals surface area contributed by atoms with E-state index < -0.39 is 0 Å². The highest BCUT2D eigenvalue weighted by atomic mass is 32.2. The lowest BCUT2D eigenvalue weighted by Crippen LogP contribution is -2.14. The summed E-state index contributed by atoms with van der Waals surface area (Å²) in [6.07, 6.45) is 0. The molecule has 1 unspecified atom stereocenters. The van der Waals surface area contributed by atoms with Crippen molar-refractivity contribution < 1.29 is 8.78 Å². The van der Waals surface area contributed by atoms with Crippen molar-refractivity contribution >= 4 is 11.8 Å². The average molecular weight is 279 g/mol. The zero-order valence-electron chi connectivity index (χ0n) is 10.6. The molecule has 0 aliphatic heterocycles. The summed E-state index contributed by atoms with van der Waals surface area (Å²) in [5.41, 5.74) is 7.90. The third kappa shape index (κ3) is 3.78. The molecule has 0 aliphatic carbocycles. The molecule has 0 radical (unpaired) electrons. The summed E-state index contributed by atoms with van der Waals surface area (Å²) < 4.78 is 25.8. The summed E-state index contributed by atoms with van der Waals surface area (Å²) in [5.74, 6) is 0.167. The topological polar surface area (TPSA) is 26.0 Å². The lowest BCUT2D eigenvalue weighted by Gasteiger charge is -2.14. The van der Waals surface area contributed by atoms with Crippen LogP contribution in [-0.2, 0) is 0 Å². The number of thioether (sulfide) groups is 1. The van der Waals surface area contributed by atoms with Gasteiger partial charge in [-0.15, -0.1) is 11.8 Å². The van der Waals surface area contributed by atoms with Gasteiger partial charge in [-0.2, -0.15) is 0 Å². The van der Waals surface area contributed by atoms with Gasteiger partial charge in [-0.25, -0.2) is 8.78 Å². The SMILES string of the molecule is Cc1cc(F)ccc1C(N)CSc1ccc(F)cc1. The Kier molecular flexibility index (Phi) is 4.56. The summed E-state index contributed by atoms with van der Waals surface area (Å²) >= 11 is 1.56. The minimum atomic E-state index is -0.250. The molecule has 0 bridgehead atoms. The lowest BCUT2D eigenvalue weighted by molar-refractivity contribution is 0.624. The van der Waals surface area contributed by atoms with E-state index in [2.05, 4.69) is 0 Å². The Labute approximate surface area is 115 Å². The summed E-state index contributed by atoms with van der Waals surface area (Å²) in [6.45, 7) is 1.85. The van der Waals surface area contributed by atoms with Gasteiger partial charge in [-0.05, 0) is 54.4 Å². The number of aryl methyl sites for hydroxylation is 1. The Morgan fingerprint density at radius 3 is 2.32 bits per heavy atom. The number of hydrogen-bond donors (Lipinski definition) is 1. The Morgan fingerprint density at radius 1 is 1.05 bits per heavy atom. The van der Waals surface area contributed by atoms with Gasteiger partial charge in [-0.1, -0.05) is 6.07 Å². The van der Waals surface area contributed by atoms with Crippen LogP contribution in [0.1, 0.15) is 17.2 Å². The first kappa shape index (κ1) is 14.0. The lowest BCUT2D eigenvalue weighted by atomic mass is 10.0. The van der Waals surface area contributed by atoms with Gasteiger partial charge in [0.2, 0.25) is 0 Å². The number of nitrogens with two attached hydrogens (primary N) is 1. The molecular formula is C15H15F2NS. The third-order valence-corrected chi connectivity index (χ3v) is 4.01. The van der Waals surface area contributed by atoms with E-state index in [9.17, 15) is 8.78 Å². The summed E-state index contributed by atoms with van der Waals surface area (Å²) in [5, 5.41) is 0. The van der Waals surface area contributed by atoms with Crippen molar-refractivity contribution in [2.24, 2.45) is 5.73 Å². The second-order valence-electron chi connectivity index (χ2n) is 4.37. The highest BCUT2D eigenvalue weighted by molar-refractivity contribution is 7.99. The Morgan fingerprint density at radius 2 is 1.68 bits per heavy atom. The maximum Gasteiger partial charge on any atom is 0.123 e. The van der Waals surface area contributed by atoms with Crippen molar-refractivity contribution in [2.75, 3.05) is 5.75 Å². The Hall–Kier alpha value is -1.39. The third-order valence-electron chi connectivity index (χ3n) is 2.87. The summed E-state index contributed by atoms with van der Waals surface area (Å²) in [6, 6.07) is 10.8. The zero-order valence-corrected chi connectivity index (χ0v) is 11.4.